The summed E-state index contributed by atoms with van der Waals surface area (Å²) >= 11 is 0. The first-order valence-electron chi connectivity index (χ1n) is 7.46. The molecule has 1 aromatic carbocycles. The summed E-state index contributed by atoms with van der Waals surface area (Å²) in [5, 5.41) is 0. The summed E-state index contributed by atoms with van der Waals surface area (Å²) in [6.07, 6.45) is 4.04. The van der Waals surface area contributed by atoms with E-state index in [2.05, 4.69) is 35.9 Å². The summed E-state index contributed by atoms with van der Waals surface area (Å²) in [5.74, 6) is 0.838. The molecule has 2 aliphatic rings. The van der Waals surface area contributed by atoms with Gasteiger partial charge in [0.2, 0.25) is 0 Å². The number of nitrogens with zero attached hydrogens (tertiary/aromatic N) is 2. The van der Waals surface area contributed by atoms with Crippen molar-refractivity contribution in [3.63, 3.8) is 0 Å². The third-order valence-corrected chi connectivity index (χ3v) is 4.96. The summed E-state index contributed by atoms with van der Waals surface area (Å²) < 4.78 is 0. The van der Waals surface area contributed by atoms with Gasteiger partial charge in [0.1, 0.15) is 0 Å². The monoisotopic (exact) mass is 259 g/mol. The second-order valence-corrected chi connectivity index (χ2v) is 6.23. The van der Waals surface area contributed by atoms with Crippen molar-refractivity contribution in [2.75, 3.05) is 37.3 Å². The highest BCUT2D eigenvalue weighted by atomic mass is 15.2. The van der Waals surface area contributed by atoms with Gasteiger partial charge in [-0.1, -0.05) is 0 Å². The molecule has 0 radical (unpaired) electrons. The lowest BCUT2D eigenvalue weighted by Gasteiger charge is -2.46. The van der Waals surface area contributed by atoms with E-state index < -0.39 is 0 Å². The molecule has 2 atom stereocenters. The van der Waals surface area contributed by atoms with Crippen LogP contribution >= 0.6 is 0 Å². The SMILES string of the molecule is Cc1cc(N2CCC3C(CCCN3C)C2)ccc1N. The summed E-state index contributed by atoms with van der Waals surface area (Å²) in [5.41, 5.74) is 9.36. The number of aryl methyl sites for hydroxylation is 1. The average molecular weight is 259 g/mol. The number of hydrogen-bond donors (Lipinski definition) is 1. The molecule has 2 saturated heterocycles. The van der Waals surface area contributed by atoms with Crippen LogP contribution in [0.4, 0.5) is 11.4 Å². The van der Waals surface area contributed by atoms with Crippen molar-refractivity contribution in [3.05, 3.63) is 23.8 Å². The molecule has 2 unspecified atom stereocenters. The van der Waals surface area contributed by atoms with E-state index in [9.17, 15) is 0 Å². The van der Waals surface area contributed by atoms with Gasteiger partial charge in [-0.25, -0.2) is 0 Å². The van der Waals surface area contributed by atoms with E-state index in [0.29, 0.717) is 0 Å². The van der Waals surface area contributed by atoms with Crippen LogP contribution in [-0.4, -0.2) is 37.6 Å². The molecular formula is C16H25N3. The van der Waals surface area contributed by atoms with E-state index in [1.165, 1.54) is 50.1 Å². The van der Waals surface area contributed by atoms with E-state index in [-0.39, 0.29) is 0 Å². The predicted octanol–water partition coefficient (Wildman–Crippen LogP) is 2.50. The maximum absolute atomic E-state index is 5.92. The zero-order valence-corrected chi connectivity index (χ0v) is 12.1. The van der Waals surface area contributed by atoms with E-state index >= 15 is 0 Å². The molecule has 0 aliphatic carbocycles. The normalized spacial score (nSPS) is 28.2. The summed E-state index contributed by atoms with van der Waals surface area (Å²) in [7, 11) is 2.29. The quantitative estimate of drug-likeness (QED) is 0.787. The molecule has 2 fully saturated rings. The number of piperidine rings is 2. The number of likely N-dealkylation sites (tertiary alicyclic amines) is 1. The highest BCUT2D eigenvalue weighted by molar-refractivity contribution is 5.58. The van der Waals surface area contributed by atoms with E-state index in [4.69, 9.17) is 5.73 Å². The number of anilines is 2. The Morgan fingerprint density at radius 3 is 2.84 bits per heavy atom. The molecule has 3 nitrogen and oxygen atoms in total. The van der Waals surface area contributed by atoms with Crippen molar-refractivity contribution in [1.29, 1.82) is 0 Å². The fourth-order valence-electron chi connectivity index (χ4n) is 3.74. The minimum Gasteiger partial charge on any atom is -0.399 e. The van der Waals surface area contributed by atoms with Crippen LogP contribution < -0.4 is 10.6 Å². The van der Waals surface area contributed by atoms with Crippen molar-refractivity contribution in [2.45, 2.75) is 32.2 Å². The van der Waals surface area contributed by atoms with Crippen molar-refractivity contribution in [1.82, 2.24) is 4.90 Å². The Kier molecular flexibility index (Phi) is 3.40. The van der Waals surface area contributed by atoms with Crippen LogP contribution in [0.15, 0.2) is 18.2 Å². The molecule has 0 spiro atoms. The molecular weight excluding hydrogens is 234 g/mol. The topological polar surface area (TPSA) is 32.5 Å². The van der Waals surface area contributed by atoms with Crippen LogP contribution in [-0.2, 0) is 0 Å². The highest BCUT2D eigenvalue weighted by Crippen LogP contribution is 2.32. The van der Waals surface area contributed by atoms with Crippen LogP contribution in [0.5, 0.6) is 0 Å². The Labute approximate surface area is 116 Å². The molecule has 2 heterocycles. The number of nitrogen functional groups attached to an aromatic ring is 1. The van der Waals surface area contributed by atoms with E-state index in [1.807, 2.05) is 6.07 Å². The maximum Gasteiger partial charge on any atom is 0.0370 e. The number of benzene rings is 1. The van der Waals surface area contributed by atoms with Gasteiger partial charge in [0.15, 0.2) is 0 Å². The fourth-order valence-corrected chi connectivity index (χ4v) is 3.74. The van der Waals surface area contributed by atoms with Gasteiger partial charge in [0.25, 0.3) is 0 Å². The first kappa shape index (κ1) is 12.8. The number of rotatable bonds is 1. The van der Waals surface area contributed by atoms with Gasteiger partial charge in [-0.3, -0.25) is 0 Å². The van der Waals surface area contributed by atoms with Crippen LogP contribution in [0.3, 0.4) is 0 Å². The van der Waals surface area contributed by atoms with Gasteiger partial charge in [-0.2, -0.15) is 0 Å². The van der Waals surface area contributed by atoms with Gasteiger partial charge in [0.05, 0.1) is 0 Å². The van der Waals surface area contributed by atoms with Gasteiger partial charge in [-0.05, 0) is 69.5 Å². The van der Waals surface area contributed by atoms with E-state index in [1.54, 1.807) is 0 Å². The molecule has 104 valence electrons. The standard InChI is InChI=1S/C16H25N3/c1-12-10-14(5-6-15(12)17)19-9-7-16-13(11-19)4-3-8-18(16)2/h5-6,10,13,16H,3-4,7-9,11,17H2,1-2H3. The van der Waals surface area contributed by atoms with Crippen molar-refractivity contribution < 1.29 is 0 Å². The maximum atomic E-state index is 5.92. The van der Waals surface area contributed by atoms with Gasteiger partial charge >= 0.3 is 0 Å². The number of fused-ring (bicyclic) bond motifs is 1. The lowest BCUT2D eigenvalue weighted by atomic mass is 9.84. The molecule has 2 N–H and O–H groups in total. The van der Waals surface area contributed by atoms with Crippen molar-refractivity contribution in [3.8, 4) is 0 Å². The van der Waals surface area contributed by atoms with Gasteiger partial charge < -0.3 is 15.5 Å². The van der Waals surface area contributed by atoms with E-state index in [0.717, 1.165) is 17.6 Å². The zero-order chi connectivity index (χ0) is 13.4. The smallest absolute Gasteiger partial charge is 0.0370 e. The summed E-state index contributed by atoms with van der Waals surface area (Å²) in [6.45, 7) is 5.76. The van der Waals surface area contributed by atoms with Crippen LogP contribution in [0.2, 0.25) is 0 Å². The lowest BCUT2D eigenvalue weighted by molar-refractivity contribution is 0.102. The van der Waals surface area contributed by atoms with Crippen LogP contribution in [0.25, 0.3) is 0 Å². The third kappa shape index (κ3) is 2.44. The second-order valence-electron chi connectivity index (χ2n) is 6.23. The Hall–Kier alpha value is -1.22. The largest absolute Gasteiger partial charge is 0.399 e. The van der Waals surface area contributed by atoms with Crippen LogP contribution in [0.1, 0.15) is 24.8 Å². The lowest BCUT2D eigenvalue weighted by Crippen LogP contribution is -2.52. The number of hydrogen-bond acceptors (Lipinski definition) is 3. The molecule has 3 heteroatoms. The first-order valence-corrected chi connectivity index (χ1v) is 7.46. The van der Waals surface area contributed by atoms with Gasteiger partial charge in [-0.15, -0.1) is 0 Å². The van der Waals surface area contributed by atoms with Gasteiger partial charge in [0, 0.05) is 30.5 Å². The first-order chi connectivity index (χ1) is 9.15. The molecule has 1 aromatic rings. The second kappa shape index (κ2) is 5.04. The Morgan fingerprint density at radius 1 is 1.21 bits per heavy atom. The average Bonchev–Trinajstić information content (AvgIpc) is 2.42. The molecule has 19 heavy (non-hydrogen) atoms. The Balaban J connectivity index is 1.75. The zero-order valence-electron chi connectivity index (χ0n) is 12.1. The highest BCUT2D eigenvalue weighted by Gasteiger charge is 2.34. The van der Waals surface area contributed by atoms with Crippen LogP contribution in [0, 0.1) is 12.8 Å². The molecule has 0 bridgehead atoms. The van der Waals surface area contributed by atoms with Crippen molar-refractivity contribution >= 4 is 11.4 Å². The molecule has 0 amide bonds. The predicted molar refractivity (Wildman–Crippen MR) is 81.6 cm³/mol. The molecule has 2 aliphatic heterocycles. The minimum absolute atomic E-state index is 0.805. The van der Waals surface area contributed by atoms with Crippen molar-refractivity contribution in [2.24, 2.45) is 5.92 Å². The summed E-state index contributed by atoms with van der Waals surface area (Å²) in [4.78, 5) is 5.12. The molecule has 3 rings (SSSR count). The number of nitrogens with two attached hydrogens (primary N) is 1. The molecule has 0 aromatic heterocycles. The fraction of sp³-hybridized carbons (Fsp3) is 0.625. The molecule has 0 saturated carbocycles. The Morgan fingerprint density at radius 2 is 2.05 bits per heavy atom. The Bertz CT molecular complexity index is 457. The third-order valence-electron chi connectivity index (χ3n) is 4.96. The summed E-state index contributed by atoms with van der Waals surface area (Å²) in [6, 6.07) is 7.26. The minimum atomic E-state index is 0.805.